The van der Waals surface area contributed by atoms with Crippen molar-refractivity contribution >= 4 is 40.0 Å². The Morgan fingerprint density at radius 2 is 1.72 bits per heavy atom. The molecule has 0 spiro atoms. The Balaban J connectivity index is 1.60. The normalized spacial score (nSPS) is 10.5. The standard InChI is InChI=1S/C22H19N5O2/c1-2-29-21(28)16-9-3-4-10-17(16)25-19-12-14-24-22(27-19)26-18-11-5-7-15-8-6-13-23-20(15)18/h3-14H,2H2,1H3,(H2,24,25,26,27). The van der Waals surface area contributed by atoms with Gasteiger partial charge in [0.25, 0.3) is 0 Å². The zero-order valence-corrected chi connectivity index (χ0v) is 15.8. The van der Waals surface area contributed by atoms with Crippen molar-refractivity contribution in [2.75, 3.05) is 17.2 Å². The molecule has 0 saturated carbocycles. The molecule has 0 fully saturated rings. The number of carbonyl (C=O) groups excluding carboxylic acids is 1. The molecule has 144 valence electrons. The number of hydrogen-bond acceptors (Lipinski definition) is 7. The fourth-order valence-electron chi connectivity index (χ4n) is 2.93. The summed E-state index contributed by atoms with van der Waals surface area (Å²) < 4.78 is 5.12. The smallest absolute Gasteiger partial charge is 0.340 e. The Labute approximate surface area is 167 Å². The number of carbonyl (C=O) groups is 1. The van der Waals surface area contributed by atoms with E-state index in [0.29, 0.717) is 29.6 Å². The van der Waals surface area contributed by atoms with E-state index in [9.17, 15) is 4.79 Å². The first kappa shape index (κ1) is 18.4. The van der Waals surface area contributed by atoms with E-state index in [1.807, 2.05) is 36.4 Å². The van der Waals surface area contributed by atoms with Crippen LogP contribution < -0.4 is 10.6 Å². The van der Waals surface area contributed by atoms with E-state index in [1.165, 1.54) is 0 Å². The van der Waals surface area contributed by atoms with Crippen LogP contribution in [0.5, 0.6) is 0 Å². The molecule has 0 atom stereocenters. The van der Waals surface area contributed by atoms with E-state index in [2.05, 4.69) is 25.6 Å². The summed E-state index contributed by atoms with van der Waals surface area (Å²) in [7, 11) is 0. The van der Waals surface area contributed by atoms with E-state index in [4.69, 9.17) is 4.74 Å². The number of fused-ring (bicyclic) bond motifs is 1. The van der Waals surface area contributed by atoms with E-state index in [1.54, 1.807) is 43.6 Å². The SMILES string of the molecule is CCOC(=O)c1ccccc1Nc1ccnc(Nc2cccc3cccnc23)n1. The van der Waals surface area contributed by atoms with Crippen molar-refractivity contribution < 1.29 is 9.53 Å². The van der Waals surface area contributed by atoms with Crippen LogP contribution in [0.2, 0.25) is 0 Å². The molecule has 0 unspecified atom stereocenters. The summed E-state index contributed by atoms with van der Waals surface area (Å²) in [5, 5.41) is 7.41. The number of rotatable bonds is 6. The van der Waals surface area contributed by atoms with Gasteiger partial charge in [-0.15, -0.1) is 0 Å². The number of hydrogen-bond donors (Lipinski definition) is 2. The minimum atomic E-state index is -0.384. The molecule has 0 aliphatic heterocycles. The third-order valence-corrected chi connectivity index (χ3v) is 4.22. The molecule has 0 saturated heterocycles. The average molecular weight is 385 g/mol. The average Bonchev–Trinajstić information content (AvgIpc) is 2.75. The van der Waals surface area contributed by atoms with Gasteiger partial charge in [-0.2, -0.15) is 4.98 Å². The first-order chi connectivity index (χ1) is 14.2. The van der Waals surface area contributed by atoms with Gasteiger partial charge in [-0.3, -0.25) is 4.98 Å². The number of nitrogens with zero attached hydrogens (tertiary/aromatic N) is 3. The topological polar surface area (TPSA) is 89.0 Å². The highest BCUT2D eigenvalue weighted by molar-refractivity contribution is 5.96. The van der Waals surface area contributed by atoms with Crippen LogP contribution in [-0.4, -0.2) is 27.5 Å². The van der Waals surface area contributed by atoms with E-state index in [0.717, 1.165) is 16.6 Å². The molecule has 4 rings (SSSR count). The molecule has 0 aliphatic rings. The van der Waals surface area contributed by atoms with Gasteiger partial charge in [0.15, 0.2) is 0 Å². The maximum atomic E-state index is 12.2. The lowest BCUT2D eigenvalue weighted by molar-refractivity contribution is 0.0527. The van der Waals surface area contributed by atoms with Crippen LogP contribution in [0.3, 0.4) is 0 Å². The zero-order valence-electron chi connectivity index (χ0n) is 15.8. The van der Waals surface area contributed by atoms with Crippen molar-refractivity contribution in [3.63, 3.8) is 0 Å². The van der Waals surface area contributed by atoms with Crippen LogP contribution >= 0.6 is 0 Å². The maximum Gasteiger partial charge on any atom is 0.340 e. The molecule has 4 aromatic rings. The quantitative estimate of drug-likeness (QED) is 0.466. The molecule has 29 heavy (non-hydrogen) atoms. The Kier molecular flexibility index (Phi) is 5.29. The third-order valence-electron chi connectivity index (χ3n) is 4.22. The van der Waals surface area contributed by atoms with Gasteiger partial charge in [0.1, 0.15) is 5.82 Å². The van der Waals surface area contributed by atoms with E-state index in [-0.39, 0.29) is 5.97 Å². The summed E-state index contributed by atoms with van der Waals surface area (Å²) in [4.78, 5) is 25.4. The summed E-state index contributed by atoms with van der Waals surface area (Å²) in [5.41, 5.74) is 2.71. The van der Waals surface area contributed by atoms with E-state index >= 15 is 0 Å². The first-order valence-corrected chi connectivity index (χ1v) is 9.21. The number of nitrogens with one attached hydrogen (secondary N) is 2. The summed E-state index contributed by atoms with van der Waals surface area (Å²) >= 11 is 0. The molecular formula is C22H19N5O2. The van der Waals surface area contributed by atoms with Crippen molar-refractivity contribution in [3.05, 3.63) is 78.6 Å². The Bertz CT molecular complexity index is 1160. The lowest BCUT2D eigenvalue weighted by Gasteiger charge is -2.12. The third kappa shape index (κ3) is 4.14. The van der Waals surface area contributed by atoms with Gasteiger partial charge >= 0.3 is 5.97 Å². The van der Waals surface area contributed by atoms with Crippen molar-refractivity contribution in [1.82, 2.24) is 15.0 Å². The lowest BCUT2D eigenvalue weighted by Crippen LogP contribution is -2.08. The van der Waals surface area contributed by atoms with Crippen molar-refractivity contribution in [2.24, 2.45) is 0 Å². The maximum absolute atomic E-state index is 12.2. The highest BCUT2D eigenvalue weighted by atomic mass is 16.5. The van der Waals surface area contributed by atoms with Crippen molar-refractivity contribution in [2.45, 2.75) is 6.92 Å². The molecule has 2 N–H and O–H groups in total. The summed E-state index contributed by atoms with van der Waals surface area (Å²) in [6.07, 6.45) is 3.39. The number of esters is 1. The van der Waals surface area contributed by atoms with Crippen LogP contribution in [0.25, 0.3) is 10.9 Å². The Morgan fingerprint density at radius 1 is 0.897 bits per heavy atom. The molecule has 0 radical (unpaired) electrons. The Hall–Kier alpha value is -4.00. The zero-order chi connectivity index (χ0) is 20.1. The van der Waals surface area contributed by atoms with Gasteiger partial charge in [0.05, 0.1) is 29.1 Å². The van der Waals surface area contributed by atoms with Gasteiger partial charge in [-0.25, -0.2) is 9.78 Å². The molecule has 7 nitrogen and oxygen atoms in total. The fourth-order valence-corrected chi connectivity index (χ4v) is 2.93. The second kappa shape index (κ2) is 8.35. The highest BCUT2D eigenvalue weighted by Crippen LogP contribution is 2.25. The van der Waals surface area contributed by atoms with Crippen molar-refractivity contribution in [1.29, 1.82) is 0 Å². The van der Waals surface area contributed by atoms with Gasteiger partial charge < -0.3 is 15.4 Å². The van der Waals surface area contributed by atoms with Crippen LogP contribution in [0.15, 0.2) is 73.1 Å². The second-order valence-electron chi connectivity index (χ2n) is 6.16. The minimum Gasteiger partial charge on any atom is -0.462 e. The van der Waals surface area contributed by atoms with Gasteiger partial charge in [-0.1, -0.05) is 30.3 Å². The van der Waals surface area contributed by atoms with Crippen LogP contribution in [0.1, 0.15) is 17.3 Å². The summed E-state index contributed by atoms with van der Waals surface area (Å²) in [5.74, 6) is 0.582. The van der Waals surface area contributed by atoms with Crippen LogP contribution in [-0.2, 0) is 4.74 Å². The molecule has 0 amide bonds. The molecular weight excluding hydrogens is 366 g/mol. The first-order valence-electron chi connectivity index (χ1n) is 9.21. The molecule has 0 aliphatic carbocycles. The molecule has 7 heteroatoms. The Morgan fingerprint density at radius 3 is 2.62 bits per heavy atom. The predicted octanol–water partition coefficient (Wildman–Crippen LogP) is 4.69. The predicted molar refractivity (Wildman–Crippen MR) is 113 cm³/mol. The van der Waals surface area contributed by atoms with Crippen molar-refractivity contribution in [3.8, 4) is 0 Å². The second-order valence-corrected chi connectivity index (χ2v) is 6.16. The monoisotopic (exact) mass is 385 g/mol. The number of ether oxygens (including phenoxy) is 1. The van der Waals surface area contributed by atoms with Crippen LogP contribution in [0.4, 0.5) is 23.1 Å². The van der Waals surface area contributed by atoms with Gasteiger partial charge in [-0.05, 0) is 37.3 Å². The lowest BCUT2D eigenvalue weighted by atomic mass is 10.2. The number of para-hydroxylation sites is 2. The van der Waals surface area contributed by atoms with Gasteiger partial charge in [0.2, 0.25) is 5.95 Å². The molecule has 0 bridgehead atoms. The highest BCUT2D eigenvalue weighted by Gasteiger charge is 2.13. The summed E-state index contributed by atoms with van der Waals surface area (Å²) in [6, 6.07) is 18.6. The number of pyridine rings is 1. The fraction of sp³-hybridized carbons (Fsp3) is 0.0909. The molecule has 2 aromatic carbocycles. The minimum absolute atomic E-state index is 0.313. The van der Waals surface area contributed by atoms with E-state index < -0.39 is 0 Å². The molecule has 2 aromatic heterocycles. The molecule has 2 heterocycles. The number of anilines is 4. The van der Waals surface area contributed by atoms with Gasteiger partial charge in [0, 0.05) is 17.8 Å². The number of benzene rings is 2. The summed E-state index contributed by atoms with van der Waals surface area (Å²) in [6.45, 7) is 2.09. The van der Waals surface area contributed by atoms with Crippen LogP contribution in [0, 0.1) is 0 Å². The number of aromatic nitrogens is 3. The largest absolute Gasteiger partial charge is 0.462 e.